The number of hydrogen-bond donors (Lipinski definition) is 2. The lowest BCUT2D eigenvalue weighted by Crippen LogP contribution is -2.43. The van der Waals surface area contributed by atoms with E-state index in [-0.39, 0.29) is 36.5 Å². The summed E-state index contributed by atoms with van der Waals surface area (Å²) in [5.74, 6) is 0.776. The molecule has 0 spiro atoms. The third-order valence-corrected chi connectivity index (χ3v) is 12.9. The Morgan fingerprint density at radius 2 is 1.94 bits per heavy atom. The van der Waals surface area contributed by atoms with Gasteiger partial charge in [-0.05, 0) is 88.0 Å². The van der Waals surface area contributed by atoms with Gasteiger partial charge in [-0.15, -0.1) is 0 Å². The van der Waals surface area contributed by atoms with Gasteiger partial charge in [0, 0.05) is 55.1 Å². The summed E-state index contributed by atoms with van der Waals surface area (Å²) in [6, 6.07) is 7.09. The van der Waals surface area contributed by atoms with Crippen LogP contribution in [0.1, 0.15) is 79.6 Å². The normalized spacial score (nSPS) is 29.1. The number of cyclic esters (lactones) is 1. The van der Waals surface area contributed by atoms with Crippen molar-refractivity contribution in [3.63, 3.8) is 0 Å². The number of aliphatic hydroxyl groups is 1. The summed E-state index contributed by atoms with van der Waals surface area (Å²) in [6.45, 7) is 13.0. The molecule has 50 heavy (non-hydrogen) atoms. The first-order valence-electron chi connectivity index (χ1n) is 18.3. The van der Waals surface area contributed by atoms with Crippen LogP contribution in [0.2, 0.25) is 0 Å². The molecule has 1 aromatic carbocycles. The highest BCUT2D eigenvalue weighted by atomic mass is 32.2. The van der Waals surface area contributed by atoms with Crippen molar-refractivity contribution < 1.29 is 32.6 Å². The quantitative estimate of drug-likeness (QED) is 0.326. The molecule has 274 valence electrons. The van der Waals surface area contributed by atoms with E-state index < -0.39 is 21.5 Å². The maximum Gasteiger partial charge on any atom is 0.311 e. The van der Waals surface area contributed by atoms with Crippen molar-refractivity contribution in [3.8, 4) is 0 Å². The molecule has 6 rings (SSSR count). The SMILES string of the molecule is CCC(C)(C)C(=O)O[C@H]1C[C@@H](C)C=C2C=C[C@H](C)[C@H](CC[C@@H]3C[C@@H](O)CC(=O)O3)[C@H]21.O=S(=O)(c1cccc2cnccc12)N1CCCNCC1. The minimum Gasteiger partial charge on any atom is -0.462 e. The third-order valence-electron chi connectivity index (χ3n) is 10.9. The van der Waals surface area contributed by atoms with Crippen LogP contribution in [0.15, 0.2) is 65.4 Å². The molecule has 2 aromatic rings. The summed E-state index contributed by atoms with van der Waals surface area (Å²) in [5, 5.41) is 14.7. The van der Waals surface area contributed by atoms with Crippen molar-refractivity contribution in [1.82, 2.24) is 14.6 Å². The van der Waals surface area contributed by atoms with Gasteiger partial charge in [0.25, 0.3) is 0 Å². The van der Waals surface area contributed by atoms with Gasteiger partial charge in [0.1, 0.15) is 12.2 Å². The number of ether oxygens (including phenoxy) is 2. The lowest BCUT2D eigenvalue weighted by Gasteiger charge is -2.44. The van der Waals surface area contributed by atoms with Gasteiger partial charge in [-0.2, -0.15) is 4.31 Å². The van der Waals surface area contributed by atoms with Gasteiger partial charge in [0.15, 0.2) is 0 Å². The topological polar surface area (TPSA) is 135 Å². The van der Waals surface area contributed by atoms with Gasteiger partial charge in [-0.1, -0.05) is 51.1 Å². The zero-order chi connectivity index (χ0) is 36.1. The first kappa shape index (κ1) is 38.1. The Balaban J connectivity index is 0.000000210. The van der Waals surface area contributed by atoms with E-state index >= 15 is 0 Å². The summed E-state index contributed by atoms with van der Waals surface area (Å²) in [5.41, 5.74) is 0.785. The van der Waals surface area contributed by atoms with Crippen molar-refractivity contribution >= 4 is 32.7 Å². The maximum atomic E-state index is 12.9. The molecule has 0 bridgehead atoms. The Bertz CT molecular complexity index is 1660. The molecule has 10 nitrogen and oxygen atoms in total. The third kappa shape index (κ3) is 9.02. The molecular formula is C39H55N3O7S. The van der Waals surface area contributed by atoms with Crippen LogP contribution in [0.25, 0.3) is 10.8 Å². The summed E-state index contributed by atoms with van der Waals surface area (Å²) < 4.78 is 38.9. The zero-order valence-corrected chi connectivity index (χ0v) is 31.0. The number of carbonyl (C=O) groups excluding carboxylic acids is 2. The summed E-state index contributed by atoms with van der Waals surface area (Å²) >= 11 is 0. The Kier molecular flexibility index (Phi) is 12.6. The molecule has 2 aliphatic carbocycles. The molecule has 11 heteroatoms. The van der Waals surface area contributed by atoms with Gasteiger partial charge >= 0.3 is 11.9 Å². The molecule has 0 saturated carbocycles. The second-order valence-electron chi connectivity index (χ2n) is 15.1. The van der Waals surface area contributed by atoms with Crippen LogP contribution in [0.5, 0.6) is 0 Å². The molecule has 2 N–H and O–H groups in total. The molecule has 4 aliphatic rings. The number of aliphatic hydroxyl groups excluding tert-OH is 1. The first-order valence-corrected chi connectivity index (χ1v) is 19.8. The van der Waals surface area contributed by atoms with E-state index in [1.807, 2.05) is 26.8 Å². The number of hydrogen-bond acceptors (Lipinski definition) is 9. The number of fused-ring (bicyclic) bond motifs is 2. The van der Waals surface area contributed by atoms with Gasteiger partial charge in [0.05, 0.1) is 22.8 Å². The molecule has 0 unspecified atom stereocenters. The number of esters is 2. The molecule has 2 aliphatic heterocycles. The Morgan fingerprint density at radius 1 is 1.14 bits per heavy atom. The largest absolute Gasteiger partial charge is 0.462 e. The zero-order valence-electron chi connectivity index (χ0n) is 30.2. The van der Waals surface area contributed by atoms with Crippen molar-refractivity contribution in [2.24, 2.45) is 29.1 Å². The number of sulfonamides is 1. The highest BCUT2D eigenvalue weighted by Gasteiger charge is 2.43. The van der Waals surface area contributed by atoms with Crippen molar-refractivity contribution in [2.75, 3.05) is 26.2 Å². The van der Waals surface area contributed by atoms with Gasteiger partial charge in [-0.25, -0.2) is 8.42 Å². The van der Waals surface area contributed by atoms with Crippen LogP contribution < -0.4 is 5.32 Å². The number of allylic oxidation sites excluding steroid dienone is 3. The molecule has 0 amide bonds. The molecule has 2 saturated heterocycles. The standard InChI is InChI=1S/C25H38O5.C14H17N3O2S/c1-6-25(4,5)24(28)30-21-12-15(2)11-17-8-7-16(3)20(23(17)21)10-9-19-13-18(26)14-22(27)29-19;18-20(19,17-9-2-6-15-8-10-17)14-4-1-3-12-11-16-7-5-13(12)14/h7-8,11,15-16,18-21,23,26H,6,9-10,12-14H2,1-5H3;1,3-5,7,11,15H,2,6,8-10H2/t15-,16-,18+,19+,20-,21-,23-;/m0./s1. The minimum atomic E-state index is -3.45. The van der Waals surface area contributed by atoms with Crippen molar-refractivity contribution in [2.45, 2.75) is 103 Å². The molecule has 3 heterocycles. The van der Waals surface area contributed by atoms with Crippen LogP contribution in [-0.4, -0.2) is 79.2 Å². The van der Waals surface area contributed by atoms with E-state index in [4.69, 9.17) is 9.47 Å². The average molecular weight is 710 g/mol. The van der Waals surface area contributed by atoms with E-state index in [2.05, 4.69) is 42.4 Å². The predicted octanol–water partition coefficient (Wildman–Crippen LogP) is 5.80. The van der Waals surface area contributed by atoms with Crippen LogP contribution in [-0.2, 0) is 29.1 Å². The molecule has 7 atom stereocenters. The summed E-state index contributed by atoms with van der Waals surface area (Å²) in [6.07, 6.45) is 13.8. The fourth-order valence-electron chi connectivity index (χ4n) is 7.60. The van der Waals surface area contributed by atoms with E-state index in [1.54, 1.807) is 34.9 Å². The Hall–Kier alpha value is -3.12. The van der Waals surface area contributed by atoms with Crippen molar-refractivity contribution in [1.29, 1.82) is 0 Å². The second kappa shape index (κ2) is 16.5. The van der Waals surface area contributed by atoms with Crippen LogP contribution in [0.4, 0.5) is 0 Å². The van der Waals surface area contributed by atoms with Gasteiger partial charge in [0.2, 0.25) is 10.0 Å². The summed E-state index contributed by atoms with van der Waals surface area (Å²) in [7, 11) is -3.45. The Labute approximate surface area is 297 Å². The molecule has 1 aromatic heterocycles. The fourth-order valence-corrected chi connectivity index (χ4v) is 9.29. The highest BCUT2D eigenvalue weighted by molar-refractivity contribution is 7.89. The van der Waals surface area contributed by atoms with E-state index in [0.29, 0.717) is 48.7 Å². The number of nitrogens with one attached hydrogen (secondary N) is 1. The number of benzene rings is 1. The van der Waals surface area contributed by atoms with Crippen LogP contribution in [0, 0.1) is 29.1 Å². The molecular weight excluding hydrogens is 655 g/mol. The minimum absolute atomic E-state index is 0.0949. The monoisotopic (exact) mass is 709 g/mol. The average Bonchev–Trinajstić information content (AvgIpc) is 3.38. The molecule has 2 fully saturated rings. The predicted molar refractivity (Wildman–Crippen MR) is 193 cm³/mol. The van der Waals surface area contributed by atoms with Gasteiger partial charge < -0.3 is 19.9 Å². The number of pyridine rings is 1. The fraction of sp³-hybridized carbons (Fsp3) is 0.615. The molecule has 0 radical (unpaired) electrons. The van der Waals surface area contributed by atoms with E-state index in [9.17, 15) is 23.1 Å². The van der Waals surface area contributed by atoms with E-state index in [0.717, 1.165) is 49.4 Å². The summed E-state index contributed by atoms with van der Waals surface area (Å²) in [4.78, 5) is 29.0. The smallest absolute Gasteiger partial charge is 0.311 e. The van der Waals surface area contributed by atoms with E-state index in [1.165, 1.54) is 5.57 Å². The maximum absolute atomic E-state index is 12.9. The number of aromatic nitrogens is 1. The first-order chi connectivity index (χ1) is 23.8. The highest BCUT2D eigenvalue weighted by Crippen LogP contribution is 2.45. The van der Waals surface area contributed by atoms with Crippen LogP contribution in [0.3, 0.4) is 0 Å². The number of carbonyl (C=O) groups is 2. The second-order valence-corrected chi connectivity index (χ2v) is 17.0. The van der Waals surface area contributed by atoms with Gasteiger partial charge in [-0.3, -0.25) is 14.6 Å². The number of nitrogens with zero attached hydrogens (tertiary/aromatic N) is 2. The Morgan fingerprint density at radius 3 is 2.70 bits per heavy atom. The number of rotatable bonds is 8. The van der Waals surface area contributed by atoms with Crippen molar-refractivity contribution in [3.05, 3.63) is 60.5 Å². The van der Waals surface area contributed by atoms with Crippen LogP contribution >= 0.6 is 0 Å². The lowest BCUT2D eigenvalue weighted by atomic mass is 9.65. The lowest BCUT2D eigenvalue weighted by molar-refractivity contribution is -0.166.